The number of carbonyl (C=O) groups excluding carboxylic acids is 2. The molecule has 0 saturated heterocycles. The Balaban J connectivity index is 2.08. The minimum absolute atomic E-state index is 0.179. The highest BCUT2D eigenvalue weighted by Gasteiger charge is 2.18. The number of ketones is 1. The van der Waals surface area contributed by atoms with Crippen molar-refractivity contribution in [2.75, 3.05) is 6.61 Å². The number of aromatic nitrogens is 1. The van der Waals surface area contributed by atoms with E-state index in [4.69, 9.17) is 4.74 Å². The molecule has 0 fully saturated rings. The van der Waals surface area contributed by atoms with Crippen LogP contribution in [0.25, 0.3) is 0 Å². The second-order valence-corrected chi connectivity index (χ2v) is 6.01. The maximum atomic E-state index is 13.0. The molecule has 0 radical (unpaired) electrons. The van der Waals surface area contributed by atoms with Gasteiger partial charge in [-0.05, 0) is 61.0 Å². The Morgan fingerprint density at radius 1 is 1.22 bits per heavy atom. The van der Waals surface area contributed by atoms with Gasteiger partial charge in [0.2, 0.25) is 5.78 Å². The van der Waals surface area contributed by atoms with Crippen LogP contribution in [-0.4, -0.2) is 22.9 Å². The number of Topliss-reactive ketones (excluding diaryl/α,β-unsaturated/α-hetero) is 1. The van der Waals surface area contributed by atoms with Crippen molar-refractivity contribution in [3.63, 3.8) is 0 Å². The van der Waals surface area contributed by atoms with Gasteiger partial charge in [-0.2, -0.15) is 0 Å². The van der Waals surface area contributed by atoms with Crippen molar-refractivity contribution < 1.29 is 18.7 Å². The van der Waals surface area contributed by atoms with E-state index < -0.39 is 11.8 Å². The number of rotatable bonds is 5. The molecule has 1 aromatic carbocycles. The molecule has 0 aliphatic rings. The van der Waals surface area contributed by atoms with Gasteiger partial charge in [-0.3, -0.25) is 4.79 Å². The molecule has 6 heteroatoms. The summed E-state index contributed by atoms with van der Waals surface area (Å²) in [6, 6.07) is 5.45. The molecule has 0 bridgehead atoms. The molecule has 0 spiro atoms. The van der Waals surface area contributed by atoms with E-state index in [0.29, 0.717) is 10.0 Å². The Labute approximate surface area is 142 Å². The summed E-state index contributed by atoms with van der Waals surface area (Å²) in [7, 11) is 0. The molecule has 0 saturated carbocycles. The summed E-state index contributed by atoms with van der Waals surface area (Å²) in [4.78, 5) is 24.3. The maximum Gasteiger partial charge on any atom is 0.339 e. The van der Waals surface area contributed by atoms with E-state index in [1.54, 1.807) is 6.07 Å². The highest BCUT2D eigenvalue weighted by molar-refractivity contribution is 9.10. The van der Waals surface area contributed by atoms with Gasteiger partial charge in [0.05, 0.1) is 5.56 Å². The van der Waals surface area contributed by atoms with E-state index >= 15 is 0 Å². The Hall–Kier alpha value is -1.95. The van der Waals surface area contributed by atoms with Gasteiger partial charge < -0.3 is 9.30 Å². The van der Waals surface area contributed by atoms with Crippen LogP contribution < -0.4 is 0 Å². The van der Waals surface area contributed by atoms with Crippen LogP contribution in [0.2, 0.25) is 0 Å². The number of nitrogens with zero attached hydrogens (tertiary/aromatic N) is 1. The SMILES string of the molecule is CCn1c(C)cc(C(=O)COC(=O)c2ccc(F)cc2Br)c1C. The van der Waals surface area contributed by atoms with Gasteiger partial charge >= 0.3 is 5.97 Å². The lowest BCUT2D eigenvalue weighted by atomic mass is 10.1. The van der Waals surface area contributed by atoms with Crippen molar-refractivity contribution >= 4 is 27.7 Å². The monoisotopic (exact) mass is 381 g/mol. The van der Waals surface area contributed by atoms with E-state index in [2.05, 4.69) is 15.9 Å². The zero-order valence-electron chi connectivity index (χ0n) is 13.2. The quantitative estimate of drug-likeness (QED) is 0.579. The molecule has 0 amide bonds. The van der Waals surface area contributed by atoms with Crippen LogP contribution in [-0.2, 0) is 11.3 Å². The standard InChI is InChI=1S/C17H17BrFNO3/c1-4-20-10(2)7-14(11(20)3)16(21)9-23-17(22)13-6-5-12(19)8-15(13)18/h5-8H,4,9H2,1-3H3. The Bertz CT molecular complexity index is 767. The predicted octanol–water partition coefficient (Wildman–Crippen LogP) is 4.07. The fraction of sp³-hybridized carbons (Fsp3) is 0.294. The van der Waals surface area contributed by atoms with Crippen LogP contribution in [0.3, 0.4) is 0 Å². The van der Waals surface area contributed by atoms with Gasteiger partial charge in [-0.25, -0.2) is 9.18 Å². The smallest absolute Gasteiger partial charge is 0.339 e. The van der Waals surface area contributed by atoms with Crippen LogP contribution >= 0.6 is 15.9 Å². The van der Waals surface area contributed by atoms with Gasteiger partial charge in [0, 0.05) is 28.0 Å². The van der Waals surface area contributed by atoms with Crippen molar-refractivity contribution in [2.45, 2.75) is 27.3 Å². The third-order valence-corrected chi connectivity index (χ3v) is 4.33. The van der Waals surface area contributed by atoms with Crippen LogP contribution in [0.1, 0.15) is 39.0 Å². The fourth-order valence-electron chi connectivity index (χ4n) is 2.51. The first-order valence-electron chi connectivity index (χ1n) is 7.17. The second kappa shape index (κ2) is 7.08. The molecule has 0 N–H and O–H groups in total. The van der Waals surface area contributed by atoms with Gasteiger partial charge in [-0.15, -0.1) is 0 Å². The number of ether oxygens (including phenoxy) is 1. The molecule has 4 nitrogen and oxygen atoms in total. The summed E-state index contributed by atoms with van der Waals surface area (Å²) in [6.45, 7) is 6.21. The molecule has 1 aromatic heterocycles. The predicted molar refractivity (Wildman–Crippen MR) is 88.3 cm³/mol. The number of esters is 1. The molecule has 0 unspecified atom stereocenters. The lowest BCUT2D eigenvalue weighted by molar-refractivity contribution is 0.0473. The molecule has 0 aliphatic carbocycles. The number of benzene rings is 1. The van der Waals surface area contributed by atoms with E-state index in [1.807, 2.05) is 25.3 Å². The summed E-state index contributed by atoms with van der Waals surface area (Å²) in [6.07, 6.45) is 0. The first-order valence-corrected chi connectivity index (χ1v) is 7.96. The number of aryl methyl sites for hydroxylation is 1. The van der Waals surface area contributed by atoms with Gasteiger partial charge in [-0.1, -0.05) is 0 Å². The topological polar surface area (TPSA) is 48.3 Å². The lowest BCUT2D eigenvalue weighted by Crippen LogP contribution is -2.15. The average molecular weight is 382 g/mol. The third kappa shape index (κ3) is 3.69. The van der Waals surface area contributed by atoms with E-state index in [-0.39, 0.29) is 18.0 Å². The Morgan fingerprint density at radius 3 is 2.48 bits per heavy atom. The summed E-state index contributed by atoms with van der Waals surface area (Å²) in [5.41, 5.74) is 2.57. The summed E-state index contributed by atoms with van der Waals surface area (Å²) < 4.78 is 20.4. The first-order chi connectivity index (χ1) is 10.8. The van der Waals surface area contributed by atoms with Crippen molar-refractivity contribution in [3.8, 4) is 0 Å². The van der Waals surface area contributed by atoms with Crippen LogP contribution in [0.4, 0.5) is 4.39 Å². The van der Waals surface area contributed by atoms with Crippen LogP contribution in [0.15, 0.2) is 28.7 Å². The molecule has 0 atom stereocenters. The van der Waals surface area contributed by atoms with Crippen molar-refractivity contribution in [1.82, 2.24) is 4.57 Å². The second-order valence-electron chi connectivity index (χ2n) is 5.15. The Morgan fingerprint density at radius 2 is 1.91 bits per heavy atom. The van der Waals surface area contributed by atoms with Gasteiger partial charge in [0.25, 0.3) is 0 Å². The normalized spacial score (nSPS) is 10.7. The molecule has 122 valence electrons. The largest absolute Gasteiger partial charge is 0.454 e. The molecule has 0 aliphatic heterocycles. The summed E-state index contributed by atoms with van der Waals surface area (Å²) >= 11 is 3.10. The number of carbonyl (C=O) groups is 2. The van der Waals surface area contributed by atoms with Gasteiger partial charge in [0.1, 0.15) is 5.82 Å². The third-order valence-electron chi connectivity index (χ3n) is 3.68. The maximum absolute atomic E-state index is 13.0. The van der Waals surface area contributed by atoms with Crippen LogP contribution in [0.5, 0.6) is 0 Å². The highest BCUT2D eigenvalue weighted by Crippen LogP contribution is 2.20. The van der Waals surface area contributed by atoms with Crippen LogP contribution in [0, 0.1) is 19.7 Å². The van der Waals surface area contributed by atoms with Gasteiger partial charge in [0.15, 0.2) is 6.61 Å². The van der Waals surface area contributed by atoms with Crippen molar-refractivity contribution in [3.05, 3.63) is 57.1 Å². The fourth-order valence-corrected chi connectivity index (χ4v) is 3.02. The number of hydrogen-bond donors (Lipinski definition) is 0. The molecule has 1 heterocycles. The molecular formula is C17H17BrFNO3. The molecular weight excluding hydrogens is 365 g/mol. The highest BCUT2D eigenvalue weighted by atomic mass is 79.9. The molecule has 2 aromatic rings. The van der Waals surface area contributed by atoms with E-state index in [9.17, 15) is 14.0 Å². The average Bonchev–Trinajstić information content (AvgIpc) is 2.78. The summed E-state index contributed by atoms with van der Waals surface area (Å²) in [5.74, 6) is -1.39. The summed E-state index contributed by atoms with van der Waals surface area (Å²) in [5, 5.41) is 0. The lowest BCUT2D eigenvalue weighted by Gasteiger charge is -2.07. The molecule has 23 heavy (non-hydrogen) atoms. The minimum atomic E-state index is -0.672. The van der Waals surface area contributed by atoms with Crippen molar-refractivity contribution in [2.24, 2.45) is 0 Å². The minimum Gasteiger partial charge on any atom is -0.454 e. The number of halogens is 2. The molecule has 2 rings (SSSR count). The van der Waals surface area contributed by atoms with E-state index in [1.165, 1.54) is 12.1 Å². The van der Waals surface area contributed by atoms with Crippen molar-refractivity contribution in [1.29, 1.82) is 0 Å². The van der Waals surface area contributed by atoms with E-state index in [0.717, 1.165) is 24.0 Å². The zero-order chi connectivity index (χ0) is 17.1. The Kier molecular flexibility index (Phi) is 5.36. The zero-order valence-corrected chi connectivity index (χ0v) is 14.7. The number of hydrogen-bond acceptors (Lipinski definition) is 3. The first kappa shape index (κ1) is 17.4.